The first-order chi connectivity index (χ1) is 12.9. The number of benzene rings is 1. The standard InChI is InChI=1S/C18H20N4O5/c23-17(11-21-10-14(9-19-21)22(26)27)20-16(18(24)25)8-13-6-3-5-12-4-1-2-7-15(12)13/h1-2,4,7,9-10,13,16H,3,5-6,8,11H2,(H,20,23)(H,24,25). The molecule has 0 spiro atoms. The Kier molecular flexibility index (Phi) is 5.49. The van der Waals surface area contributed by atoms with Gasteiger partial charge in [-0.15, -0.1) is 0 Å². The van der Waals surface area contributed by atoms with Gasteiger partial charge in [0.05, 0.1) is 4.92 Å². The molecule has 1 heterocycles. The Morgan fingerprint density at radius 2 is 2.19 bits per heavy atom. The van der Waals surface area contributed by atoms with E-state index in [9.17, 15) is 24.8 Å². The Morgan fingerprint density at radius 1 is 1.41 bits per heavy atom. The van der Waals surface area contributed by atoms with Crippen molar-refractivity contribution in [2.75, 3.05) is 0 Å². The summed E-state index contributed by atoms with van der Waals surface area (Å²) in [7, 11) is 0. The molecule has 0 saturated heterocycles. The number of rotatable bonds is 7. The van der Waals surface area contributed by atoms with Gasteiger partial charge in [-0.1, -0.05) is 24.3 Å². The quantitative estimate of drug-likeness (QED) is 0.564. The van der Waals surface area contributed by atoms with E-state index in [0.29, 0.717) is 6.42 Å². The van der Waals surface area contributed by atoms with Gasteiger partial charge in [-0.25, -0.2) is 4.79 Å². The monoisotopic (exact) mass is 372 g/mol. The molecule has 0 saturated carbocycles. The molecule has 9 heteroatoms. The van der Waals surface area contributed by atoms with E-state index in [1.807, 2.05) is 18.2 Å². The number of hydrogen-bond acceptors (Lipinski definition) is 5. The van der Waals surface area contributed by atoms with Crippen LogP contribution in [0.3, 0.4) is 0 Å². The van der Waals surface area contributed by atoms with Gasteiger partial charge < -0.3 is 10.4 Å². The maximum atomic E-state index is 12.2. The Labute approximate surface area is 155 Å². The van der Waals surface area contributed by atoms with Crippen LogP contribution in [0.4, 0.5) is 5.69 Å². The van der Waals surface area contributed by atoms with E-state index in [1.54, 1.807) is 0 Å². The Hall–Kier alpha value is -3.23. The number of carboxylic acid groups (broad SMARTS) is 1. The van der Waals surface area contributed by atoms with Crippen molar-refractivity contribution >= 4 is 17.6 Å². The predicted molar refractivity (Wildman–Crippen MR) is 95.2 cm³/mol. The molecule has 2 atom stereocenters. The molecule has 9 nitrogen and oxygen atoms in total. The lowest BCUT2D eigenvalue weighted by atomic mass is 9.79. The van der Waals surface area contributed by atoms with Crippen LogP contribution in [0.15, 0.2) is 36.7 Å². The van der Waals surface area contributed by atoms with Crippen molar-refractivity contribution in [3.8, 4) is 0 Å². The lowest BCUT2D eigenvalue weighted by Crippen LogP contribution is -2.43. The summed E-state index contributed by atoms with van der Waals surface area (Å²) in [6.07, 6.45) is 5.32. The van der Waals surface area contributed by atoms with Crippen LogP contribution in [0, 0.1) is 10.1 Å². The summed E-state index contributed by atoms with van der Waals surface area (Å²) >= 11 is 0. The van der Waals surface area contributed by atoms with E-state index >= 15 is 0 Å². The highest BCUT2D eigenvalue weighted by Gasteiger charge is 2.28. The molecule has 3 rings (SSSR count). The Bertz CT molecular complexity index is 863. The highest BCUT2D eigenvalue weighted by molar-refractivity contribution is 5.83. The topological polar surface area (TPSA) is 127 Å². The van der Waals surface area contributed by atoms with Crippen LogP contribution < -0.4 is 5.32 Å². The lowest BCUT2D eigenvalue weighted by Gasteiger charge is -2.28. The van der Waals surface area contributed by atoms with E-state index in [0.717, 1.165) is 41.9 Å². The van der Waals surface area contributed by atoms with Gasteiger partial charge >= 0.3 is 11.7 Å². The van der Waals surface area contributed by atoms with Crippen LogP contribution >= 0.6 is 0 Å². The average molecular weight is 372 g/mol. The van der Waals surface area contributed by atoms with E-state index in [4.69, 9.17) is 0 Å². The number of aryl methyl sites for hydroxylation is 1. The maximum Gasteiger partial charge on any atom is 0.326 e. The summed E-state index contributed by atoms with van der Waals surface area (Å²) < 4.78 is 1.11. The molecule has 1 aromatic heterocycles. The molecule has 0 radical (unpaired) electrons. The van der Waals surface area contributed by atoms with Gasteiger partial charge in [0.25, 0.3) is 0 Å². The van der Waals surface area contributed by atoms with Gasteiger partial charge in [0.15, 0.2) is 0 Å². The lowest BCUT2D eigenvalue weighted by molar-refractivity contribution is -0.385. The molecule has 1 aliphatic carbocycles. The fourth-order valence-corrected chi connectivity index (χ4v) is 3.53. The number of nitrogens with zero attached hydrogens (tertiary/aromatic N) is 3. The Balaban J connectivity index is 1.65. The van der Waals surface area contributed by atoms with Crippen molar-refractivity contribution in [3.63, 3.8) is 0 Å². The van der Waals surface area contributed by atoms with Gasteiger partial charge in [-0.3, -0.25) is 19.6 Å². The predicted octanol–water partition coefficient (Wildman–Crippen LogP) is 1.87. The minimum Gasteiger partial charge on any atom is -0.480 e. The average Bonchev–Trinajstić information content (AvgIpc) is 3.10. The first kappa shape index (κ1) is 18.6. The van der Waals surface area contributed by atoms with Gasteiger partial charge in [0, 0.05) is 0 Å². The zero-order chi connectivity index (χ0) is 19.4. The normalized spacial score (nSPS) is 17.0. The third-order valence-corrected chi connectivity index (χ3v) is 4.78. The first-order valence-electron chi connectivity index (χ1n) is 8.71. The van der Waals surface area contributed by atoms with Gasteiger partial charge in [-0.2, -0.15) is 5.10 Å². The summed E-state index contributed by atoms with van der Waals surface area (Å²) in [5, 5.41) is 26.4. The van der Waals surface area contributed by atoms with Crippen LogP contribution in [0.5, 0.6) is 0 Å². The molecule has 0 aliphatic heterocycles. The number of nitrogens with one attached hydrogen (secondary N) is 1. The maximum absolute atomic E-state index is 12.2. The van der Waals surface area contributed by atoms with E-state index < -0.39 is 22.8 Å². The van der Waals surface area contributed by atoms with Crippen molar-refractivity contribution in [1.29, 1.82) is 0 Å². The van der Waals surface area contributed by atoms with Crippen molar-refractivity contribution in [1.82, 2.24) is 15.1 Å². The van der Waals surface area contributed by atoms with Crippen molar-refractivity contribution in [2.24, 2.45) is 0 Å². The van der Waals surface area contributed by atoms with Crippen LogP contribution in [-0.4, -0.2) is 37.7 Å². The minimum atomic E-state index is -1.10. The fourth-order valence-electron chi connectivity index (χ4n) is 3.53. The number of hydrogen-bond donors (Lipinski definition) is 2. The molecule has 1 amide bonds. The molecule has 1 aromatic carbocycles. The third kappa shape index (κ3) is 4.49. The molecular weight excluding hydrogens is 352 g/mol. The molecule has 142 valence electrons. The largest absolute Gasteiger partial charge is 0.480 e. The number of aromatic nitrogens is 2. The SMILES string of the molecule is O=C(Cn1cc([N+](=O)[O-])cn1)NC(CC1CCCc2ccccc21)C(=O)O. The number of fused-ring (bicyclic) bond motifs is 1. The Morgan fingerprint density at radius 3 is 2.89 bits per heavy atom. The third-order valence-electron chi connectivity index (χ3n) is 4.78. The zero-order valence-electron chi connectivity index (χ0n) is 14.6. The zero-order valence-corrected chi connectivity index (χ0v) is 14.6. The van der Waals surface area contributed by atoms with Crippen molar-refractivity contribution in [3.05, 3.63) is 57.9 Å². The van der Waals surface area contributed by atoms with E-state index in [2.05, 4.69) is 16.5 Å². The van der Waals surface area contributed by atoms with Gasteiger partial charge in [0.1, 0.15) is 25.0 Å². The number of aliphatic carboxylic acids is 1. The summed E-state index contributed by atoms with van der Waals surface area (Å²) in [5.41, 5.74) is 2.15. The fraction of sp³-hybridized carbons (Fsp3) is 0.389. The summed E-state index contributed by atoms with van der Waals surface area (Å²) in [5.74, 6) is -1.58. The van der Waals surface area contributed by atoms with E-state index in [1.165, 1.54) is 5.56 Å². The minimum absolute atomic E-state index is 0.0714. The van der Waals surface area contributed by atoms with Crippen molar-refractivity contribution < 1.29 is 19.6 Å². The highest BCUT2D eigenvalue weighted by Crippen LogP contribution is 2.34. The van der Waals surface area contributed by atoms with Crippen LogP contribution in [0.25, 0.3) is 0 Å². The molecule has 0 bridgehead atoms. The molecule has 1 aliphatic rings. The number of carbonyl (C=O) groups is 2. The van der Waals surface area contributed by atoms with E-state index in [-0.39, 0.29) is 18.2 Å². The first-order valence-corrected chi connectivity index (χ1v) is 8.71. The van der Waals surface area contributed by atoms with Crippen LogP contribution in [0.2, 0.25) is 0 Å². The van der Waals surface area contributed by atoms with Gasteiger partial charge in [0.2, 0.25) is 5.91 Å². The number of nitro groups is 1. The molecule has 2 aromatic rings. The smallest absolute Gasteiger partial charge is 0.326 e. The number of amides is 1. The second-order valence-electron chi connectivity index (χ2n) is 6.64. The highest BCUT2D eigenvalue weighted by atomic mass is 16.6. The molecular formula is C18H20N4O5. The summed E-state index contributed by atoms with van der Waals surface area (Å²) in [6.45, 7) is -0.279. The van der Waals surface area contributed by atoms with Gasteiger partial charge in [-0.05, 0) is 42.7 Å². The van der Waals surface area contributed by atoms with Crippen LogP contribution in [0.1, 0.15) is 36.3 Å². The molecule has 2 N–H and O–H groups in total. The second kappa shape index (κ2) is 7.98. The molecule has 0 fully saturated rings. The summed E-state index contributed by atoms with van der Waals surface area (Å²) in [6, 6.07) is 6.96. The molecule has 27 heavy (non-hydrogen) atoms. The number of carboxylic acids is 1. The second-order valence-corrected chi connectivity index (χ2v) is 6.64. The van der Waals surface area contributed by atoms with Crippen molar-refractivity contribution in [2.45, 2.75) is 44.2 Å². The summed E-state index contributed by atoms with van der Waals surface area (Å²) in [4.78, 5) is 33.9. The number of carbonyl (C=O) groups excluding carboxylic acids is 1. The molecule has 2 unspecified atom stereocenters. The van der Waals surface area contributed by atoms with Crippen LogP contribution in [-0.2, 0) is 22.6 Å².